The van der Waals surface area contributed by atoms with Gasteiger partial charge in [-0.3, -0.25) is 0 Å². The Kier molecular flexibility index (Phi) is 8.53. The molecule has 0 unspecified atom stereocenters. The molecule has 62 heavy (non-hydrogen) atoms. The van der Waals surface area contributed by atoms with Gasteiger partial charge < -0.3 is 9.47 Å². The monoisotopic (exact) mass is 788 g/mol. The Bertz CT molecular complexity index is 3570. The van der Waals surface area contributed by atoms with Gasteiger partial charge in [0.1, 0.15) is 0 Å². The van der Waals surface area contributed by atoms with Gasteiger partial charge in [-0.15, -0.1) is 0 Å². The average Bonchev–Trinajstić information content (AvgIpc) is 3.67. The Morgan fingerprint density at radius 1 is 0.274 bits per heavy atom. The van der Waals surface area contributed by atoms with Crippen molar-refractivity contribution in [3.05, 3.63) is 243 Å². The molecule has 2 heteroatoms. The lowest BCUT2D eigenvalue weighted by molar-refractivity contribution is 1.18. The number of aromatic nitrogens is 1. The van der Waals surface area contributed by atoms with Crippen LogP contribution in [0.3, 0.4) is 0 Å². The fourth-order valence-electron chi connectivity index (χ4n) is 9.67. The molecule has 1 aromatic heterocycles. The summed E-state index contributed by atoms with van der Waals surface area (Å²) in [5, 5.41) is 9.89. The van der Waals surface area contributed by atoms with E-state index >= 15 is 0 Å². The van der Waals surface area contributed by atoms with Crippen LogP contribution in [0.15, 0.2) is 243 Å². The number of nitrogens with zero attached hydrogens (tertiary/aromatic N) is 2. The van der Waals surface area contributed by atoms with E-state index in [9.17, 15) is 0 Å². The number of benzene rings is 11. The van der Waals surface area contributed by atoms with E-state index in [1.165, 1.54) is 87.5 Å². The molecule has 0 bridgehead atoms. The third kappa shape index (κ3) is 6.04. The summed E-state index contributed by atoms with van der Waals surface area (Å²) in [6, 6.07) is 88.7. The van der Waals surface area contributed by atoms with E-state index in [2.05, 4.69) is 252 Å². The number of hydrogen-bond acceptors (Lipinski definition) is 1. The Labute approximate surface area is 360 Å². The van der Waals surface area contributed by atoms with Crippen molar-refractivity contribution in [1.82, 2.24) is 4.57 Å². The highest BCUT2D eigenvalue weighted by molar-refractivity contribution is 6.23. The second-order valence-electron chi connectivity index (χ2n) is 16.1. The fraction of sp³-hybridized carbons (Fsp3) is 0. The van der Waals surface area contributed by atoms with Gasteiger partial charge in [-0.25, -0.2) is 0 Å². The molecule has 0 N–H and O–H groups in total. The van der Waals surface area contributed by atoms with Gasteiger partial charge in [-0.2, -0.15) is 0 Å². The van der Waals surface area contributed by atoms with E-state index in [0.29, 0.717) is 0 Å². The van der Waals surface area contributed by atoms with Crippen LogP contribution < -0.4 is 4.90 Å². The van der Waals surface area contributed by atoms with Gasteiger partial charge in [0.05, 0.1) is 11.0 Å². The second kappa shape index (κ2) is 14.8. The zero-order valence-electron chi connectivity index (χ0n) is 34.0. The van der Waals surface area contributed by atoms with Gasteiger partial charge in [-0.1, -0.05) is 176 Å². The van der Waals surface area contributed by atoms with E-state index in [1.807, 2.05) is 0 Å². The molecule has 0 spiro atoms. The van der Waals surface area contributed by atoms with Gasteiger partial charge >= 0.3 is 0 Å². The average molecular weight is 789 g/mol. The van der Waals surface area contributed by atoms with E-state index in [0.717, 1.165) is 22.7 Å². The maximum atomic E-state index is 2.45. The molecule has 12 rings (SSSR count). The molecule has 0 aliphatic rings. The maximum absolute atomic E-state index is 2.45. The fourth-order valence-corrected chi connectivity index (χ4v) is 9.67. The van der Waals surface area contributed by atoms with Crippen molar-refractivity contribution in [2.24, 2.45) is 0 Å². The summed E-state index contributed by atoms with van der Waals surface area (Å²) in [4.78, 5) is 2.45. The molecule has 290 valence electrons. The largest absolute Gasteiger partial charge is 0.310 e. The standard InChI is InChI=1S/C60H40N2/c1-4-17-41(18-5-1)47-35-48(42-19-6-2-7-20-42)39-52(38-47)61(51-33-34-54-45(36-51)32-31-43-21-10-12-27-53(43)54)50-26-16-23-46(37-50)59-55-28-13-11-22-44(55)40-58-60(59)56-29-14-15-30-57(56)62(58)49-24-8-3-9-25-49/h1-40H. The summed E-state index contributed by atoms with van der Waals surface area (Å²) in [7, 11) is 0. The van der Waals surface area contributed by atoms with E-state index in [1.54, 1.807) is 0 Å². The van der Waals surface area contributed by atoms with Crippen LogP contribution >= 0.6 is 0 Å². The molecule has 0 saturated heterocycles. The first kappa shape index (κ1) is 35.7. The van der Waals surface area contributed by atoms with Crippen molar-refractivity contribution in [3.63, 3.8) is 0 Å². The van der Waals surface area contributed by atoms with Gasteiger partial charge in [0.15, 0.2) is 0 Å². The molecule has 12 aromatic rings. The number of hydrogen-bond donors (Lipinski definition) is 0. The smallest absolute Gasteiger partial charge is 0.0553 e. The molecule has 0 aliphatic carbocycles. The highest BCUT2D eigenvalue weighted by Gasteiger charge is 2.22. The van der Waals surface area contributed by atoms with Crippen LogP contribution in [0.25, 0.3) is 93.2 Å². The topological polar surface area (TPSA) is 8.17 Å². The third-order valence-corrected chi connectivity index (χ3v) is 12.5. The quantitative estimate of drug-likeness (QED) is 0.146. The molecule has 0 saturated carbocycles. The summed E-state index contributed by atoms with van der Waals surface area (Å²) in [6.45, 7) is 0. The van der Waals surface area contributed by atoms with Crippen LogP contribution in [0.2, 0.25) is 0 Å². The number of fused-ring (bicyclic) bond motifs is 7. The van der Waals surface area contributed by atoms with E-state index in [-0.39, 0.29) is 0 Å². The molecule has 0 atom stereocenters. The van der Waals surface area contributed by atoms with Crippen molar-refractivity contribution < 1.29 is 0 Å². The summed E-state index contributed by atoms with van der Waals surface area (Å²) in [5.74, 6) is 0. The Morgan fingerprint density at radius 3 is 1.55 bits per heavy atom. The molecule has 0 amide bonds. The molecular formula is C60H40N2. The zero-order chi connectivity index (χ0) is 41.0. The van der Waals surface area contributed by atoms with Gasteiger partial charge in [0, 0.05) is 33.5 Å². The zero-order valence-corrected chi connectivity index (χ0v) is 34.0. The summed E-state index contributed by atoms with van der Waals surface area (Å²) < 4.78 is 2.43. The molecule has 0 aliphatic heterocycles. The molecular weight excluding hydrogens is 749 g/mol. The van der Waals surface area contributed by atoms with E-state index < -0.39 is 0 Å². The second-order valence-corrected chi connectivity index (χ2v) is 16.1. The van der Waals surface area contributed by atoms with Crippen molar-refractivity contribution >= 4 is 71.2 Å². The third-order valence-electron chi connectivity index (χ3n) is 12.5. The van der Waals surface area contributed by atoms with Crippen LogP contribution in [-0.4, -0.2) is 4.57 Å². The number of anilines is 3. The predicted molar refractivity (Wildman–Crippen MR) is 264 cm³/mol. The van der Waals surface area contributed by atoms with Crippen LogP contribution in [0.1, 0.15) is 0 Å². The number of rotatable bonds is 7. The maximum Gasteiger partial charge on any atom is 0.0553 e. The minimum atomic E-state index is 1.08. The molecule has 0 fully saturated rings. The van der Waals surface area contributed by atoms with Crippen LogP contribution in [0, 0.1) is 0 Å². The molecule has 0 radical (unpaired) electrons. The minimum absolute atomic E-state index is 1.08. The van der Waals surface area contributed by atoms with Crippen LogP contribution in [-0.2, 0) is 0 Å². The predicted octanol–water partition coefficient (Wildman–Crippen LogP) is 16.7. The van der Waals surface area contributed by atoms with Gasteiger partial charge in [0.25, 0.3) is 0 Å². The molecule has 11 aromatic carbocycles. The Morgan fingerprint density at radius 2 is 0.806 bits per heavy atom. The van der Waals surface area contributed by atoms with Gasteiger partial charge in [-0.05, 0) is 132 Å². The number of para-hydroxylation sites is 2. The Hall–Kier alpha value is -8.20. The van der Waals surface area contributed by atoms with Crippen molar-refractivity contribution in [3.8, 4) is 39.1 Å². The SMILES string of the molecule is c1ccc(-c2cc(-c3ccccc3)cc(N(c3cccc(-c4c5ccccc5cc5c4c4ccccc4n5-c4ccccc4)c3)c3ccc4c(ccc5ccccc54)c3)c2)cc1. The lowest BCUT2D eigenvalue weighted by Gasteiger charge is -2.28. The first-order chi connectivity index (χ1) is 30.7. The van der Waals surface area contributed by atoms with Crippen LogP contribution in [0.5, 0.6) is 0 Å². The lowest BCUT2D eigenvalue weighted by atomic mass is 9.92. The summed E-state index contributed by atoms with van der Waals surface area (Å²) in [6.07, 6.45) is 0. The van der Waals surface area contributed by atoms with Crippen molar-refractivity contribution in [2.45, 2.75) is 0 Å². The Balaban J connectivity index is 1.14. The van der Waals surface area contributed by atoms with E-state index in [4.69, 9.17) is 0 Å². The molecule has 2 nitrogen and oxygen atoms in total. The normalized spacial score (nSPS) is 11.5. The molecule has 1 heterocycles. The minimum Gasteiger partial charge on any atom is -0.310 e. The highest BCUT2D eigenvalue weighted by atomic mass is 15.1. The summed E-state index contributed by atoms with van der Waals surface area (Å²) >= 11 is 0. The summed E-state index contributed by atoms with van der Waals surface area (Å²) in [5.41, 5.74) is 13.9. The first-order valence-electron chi connectivity index (χ1n) is 21.3. The van der Waals surface area contributed by atoms with Crippen molar-refractivity contribution in [1.29, 1.82) is 0 Å². The van der Waals surface area contributed by atoms with Crippen LogP contribution in [0.4, 0.5) is 17.1 Å². The lowest BCUT2D eigenvalue weighted by Crippen LogP contribution is -2.10. The highest BCUT2D eigenvalue weighted by Crippen LogP contribution is 2.46. The first-order valence-corrected chi connectivity index (χ1v) is 21.3. The van der Waals surface area contributed by atoms with Crippen molar-refractivity contribution in [2.75, 3.05) is 4.90 Å². The van der Waals surface area contributed by atoms with Gasteiger partial charge in [0.2, 0.25) is 0 Å².